The number of methoxy groups -OCH3 is 1. The van der Waals surface area contributed by atoms with Gasteiger partial charge >= 0.3 is 17.8 Å². The molecule has 7 nitrogen and oxygen atoms in total. The summed E-state index contributed by atoms with van der Waals surface area (Å²) in [6.45, 7) is 5.30. The number of carbonyl (C=O) groups excluding carboxylic acids is 3. The normalized spacial score (nSPS) is 11.1. The Hall–Kier alpha value is -2.70. The predicted molar refractivity (Wildman–Crippen MR) is 81.4 cm³/mol. The van der Waals surface area contributed by atoms with Gasteiger partial charge in [0, 0.05) is 5.54 Å². The van der Waals surface area contributed by atoms with E-state index in [1.807, 2.05) is 0 Å². The number of amides is 2. The van der Waals surface area contributed by atoms with Gasteiger partial charge in [-0.1, -0.05) is 12.1 Å². The predicted octanol–water partition coefficient (Wildman–Crippen LogP) is 0.838. The van der Waals surface area contributed by atoms with Crippen molar-refractivity contribution in [2.75, 3.05) is 7.11 Å². The lowest BCUT2D eigenvalue weighted by Crippen LogP contribution is -2.47. The molecule has 1 aromatic rings. The molecule has 0 fully saturated rings. The third-order valence-corrected chi connectivity index (χ3v) is 2.41. The van der Waals surface area contributed by atoms with Crippen molar-refractivity contribution in [1.82, 2.24) is 10.7 Å². The first kappa shape index (κ1) is 17.4. The summed E-state index contributed by atoms with van der Waals surface area (Å²) in [5, 5.41) is 6.20. The molecule has 0 saturated carbocycles. The van der Waals surface area contributed by atoms with Crippen molar-refractivity contribution in [3.63, 3.8) is 0 Å². The van der Waals surface area contributed by atoms with Crippen LogP contribution in [0.3, 0.4) is 0 Å². The van der Waals surface area contributed by atoms with Crippen LogP contribution in [-0.4, -0.2) is 36.6 Å². The highest BCUT2D eigenvalue weighted by molar-refractivity contribution is 6.35. The first-order valence-corrected chi connectivity index (χ1v) is 6.57. The molecule has 118 valence electrons. The van der Waals surface area contributed by atoms with E-state index >= 15 is 0 Å². The number of ether oxygens (including phenoxy) is 1. The zero-order valence-corrected chi connectivity index (χ0v) is 13.0. The molecular weight excluding hydrogens is 286 g/mol. The van der Waals surface area contributed by atoms with E-state index in [2.05, 4.69) is 20.6 Å². The summed E-state index contributed by atoms with van der Waals surface area (Å²) in [4.78, 5) is 34.3. The molecule has 7 heteroatoms. The van der Waals surface area contributed by atoms with E-state index in [1.54, 1.807) is 45.0 Å². The quantitative estimate of drug-likeness (QED) is 0.374. The second-order valence-electron chi connectivity index (χ2n) is 5.52. The molecule has 0 bridgehead atoms. The van der Waals surface area contributed by atoms with E-state index in [0.717, 1.165) is 0 Å². The number of rotatable bonds is 3. The van der Waals surface area contributed by atoms with E-state index in [0.29, 0.717) is 11.1 Å². The summed E-state index contributed by atoms with van der Waals surface area (Å²) in [6, 6.07) is 6.41. The smallest absolute Gasteiger partial charge is 0.337 e. The summed E-state index contributed by atoms with van der Waals surface area (Å²) < 4.78 is 4.58. The summed E-state index contributed by atoms with van der Waals surface area (Å²) in [6.07, 6.45) is 1.36. The van der Waals surface area contributed by atoms with Crippen LogP contribution in [0.15, 0.2) is 29.4 Å². The number of esters is 1. The maximum Gasteiger partial charge on any atom is 0.337 e. The molecule has 2 N–H and O–H groups in total. The molecule has 2 amide bonds. The highest BCUT2D eigenvalue weighted by Gasteiger charge is 2.19. The summed E-state index contributed by atoms with van der Waals surface area (Å²) >= 11 is 0. The van der Waals surface area contributed by atoms with Crippen molar-refractivity contribution in [3.8, 4) is 0 Å². The van der Waals surface area contributed by atoms with Crippen molar-refractivity contribution in [2.45, 2.75) is 26.3 Å². The lowest BCUT2D eigenvalue weighted by Gasteiger charge is -2.19. The number of nitrogens with zero attached hydrogens (tertiary/aromatic N) is 1. The Balaban J connectivity index is 2.57. The molecule has 1 aromatic carbocycles. The van der Waals surface area contributed by atoms with Gasteiger partial charge in [-0.25, -0.2) is 10.2 Å². The molecule has 0 aliphatic rings. The molecule has 0 heterocycles. The van der Waals surface area contributed by atoms with Crippen molar-refractivity contribution < 1.29 is 19.1 Å². The topological polar surface area (TPSA) is 96.9 Å². The van der Waals surface area contributed by atoms with Crippen LogP contribution in [0.2, 0.25) is 0 Å². The number of benzene rings is 1. The van der Waals surface area contributed by atoms with Gasteiger partial charge in [-0.2, -0.15) is 5.10 Å². The van der Waals surface area contributed by atoms with E-state index < -0.39 is 23.3 Å². The van der Waals surface area contributed by atoms with Crippen LogP contribution in [0, 0.1) is 0 Å². The lowest BCUT2D eigenvalue weighted by molar-refractivity contribution is -0.140. The molecule has 0 aliphatic carbocycles. The fourth-order valence-electron chi connectivity index (χ4n) is 1.44. The Morgan fingerprint density at radius 1 is 1.09 bits per heavy atom. The summed E-state index contributed by atoms with van der Waals surface area (Å²) in [5.74, 6) is -2.04. The van der Waals surface area contributed by atoms with Crippen molar-refractivity contribution in [2.24, 2.45) is 5.10 Å². The molecule has 0 spiro atoms. The van der Waals surface area contributed by atoms with Gasteiger partial charge in [0.1, 0.15) is 0 Å². The SMILES string of the molecule is COC(=O)c1ccc(C=NNC(=O)C(=O)NC(C)(C)C)cc1. The van der Waals surface area contributed by atoms with Gasteiger partial charge in [0.05, 0.1) is 18.9 Å². The van der Waals surface area contributed by atoms with Gasteiger partial charge in [0.2, 0.25) is 0 Å². The Morgan fingerprint density at radius 2 is 1.68 bits per heavy atom. The van der Waals surface area contributed by atoms with Crippen LogP contribution in [0.4, 0.5) is 0 Å². The van der Waals surface area contributed by atoms with Gasteiger partial charge in [0.25, 0.3) is 0 Å². The summed E-state index contributed by atoms with van der Waals surface area (Å²) in [5.41, 5.74) is 2.70. The minimum atomic E-state index is -0.850. The fourth-order valence-corrected chi connectivity index (χ4v) is 1.44. The number of carbonyl (C=O) groups is 3. The van der Waals surface area contributed by atoms with Gasteiger partial charge in [-0.3, -0.25) is 9.59 Å². The minimum Gasteiger partial charge on any atom is -0.465 e. The Kier molecular flexibility index (Phi) is 5.80. The second-order valence-corrected chi connectivity index (χ2v) is 5.52. The average Bonchev–Trinajstić information content (AvgIpc) is 2.45. The molecule has 0 aromatic heterocycles. The molecule has 0 radical (unpaired) electrons. The molecule has 0 atom stereocenters. The number of hydrogen-bond donors (Lipinski definition) is 2. The maximum atomic E-state index is 11.5. The third-order valence-electron chi connectivity index (χ3n) is 2.41. The maximum absolute atomic E-state index is 11.5. The number of hydrogen-bond acceptors (Lipinski definition) is 5. The Morgan fingerprint density at radius 3 is 2.18 bits per heavy atom. The first-order valence-electron chi connectivity index (χ1n) is 6.57. The van der Waals surface area contributed by atoms with Crippen LogP contribution >= 0.6 is 0 Å². The van der Waals surface area contributed by atoms with Crippen LogP contribution in [0.5, 0.6) is 0 Å². The van der Waals surface area contributed by atoms with E-state index in [9.17, 15) is 14.4 Å². The van der Waals surface area contributed by atoms with Crippen LogP contribution in [0.25, 0.3) is 0 Å². The minimum absolute atomic E-state index is 0.410. The molecule has 0 saturated heterocycles. The first-order chi connectivity index (χ1) is 10.2. The van der Waals surface area contributed by atoms with Gasteiger partial charge in [-0.15, -0.1) is 0 Å². The van der Waals surface area contributed by atoms with Crippen LogP contribution in [-0.2, 0) is 14.3 Å². The highest BCUT2D eigenvalue weighted by Crippen LogP contribution is 2.03. The van der Waals surface area contributed by atoms with Crippen molar-refractivity contribution >= 4 is 24.0 Å². The lowest BCUT2D eigenvalue weighted by atomic mass is 10.1. The van der Waals surface area contributed by atoms with Crippen molar-refractivity contribution in [3.05, 3.63) is 35.4 Å². The Labute approximate surface area is 128 Å². The van der Waals surface area contributed by atoms with Gasteiger partial charge in [-0.05, 0) is 38.5 Å². The Bertz CT molecular complexity index is 586. The molecule has 1 rings (SSSR count). The van der Waals surface area contributed by atoms with E-state index in [-0.39, 0.29) is 0 Å². The third kappa shape index (κ3) is 5.74. The zero-order chi connectivity index (χ0) is 16.8. The zero-order valence-electron chi connectivity index (χ0n) is 13.0. The molecule has 0 unspecified atom stereocenters. The largest absolute Gasteiger partial charge is 0.465 e. The molecule has 22 heavy (non-hydrogen) atoms. The van der Waals surface area contributed by atoms with E-state index in [4.69, 9.17) is 0 Å². The van der Waals surface area contributed by atoms with Crippen LogP contribution < -0.4 is 10.7 Å². The highest BCUT2D eigenvalue weighted by atomic mass is 16.5. The monoisotopic (exact) mass is 305 g/mol. The second kappa shape index (κ2) is 7.35. The van der Waals surface area contributed by atoms with Gasteiger partial charge < -0.3 is 10.1 Å². The van der Waals surface area contributed by atoms with Crippen molar-refractivity contribution in [1.29, 1.82) is 0 Å². The van der Waals surface area contributed by atoms with E-state index in [1.165, 1.54) is 13.3 Å². The standard InChI is InChI=1S/C15H19N3O4/c1-15(2,3)17-12(19)13(20)18-16-9-10-5-7-11(8-6-10)14(21)22-4/h5-9H,1-4H3,(H,17,19)(H,18,20). The molecular formula is C15H19N3O4. The molecule has 0 aliphatic heterocycles. The average molecular weight is 305 g/mol. The summed E-state index contributed by atoms with van der Waals surface area (Å²) in [7, 11) is 1.30. The number of hydrazone groups is 1. The number of nitrogens with one attached hydrogen (secondary N) is 2. The van der Waals surface area contributed by atoms with Crippen LogP contribution in [0.1, 0.15) is 36.7 Å². The van der Waals surface area contributed by atoms with Gasteiger partial charge in [0.15, 0.2) is 0 Å². The fraction of sp³-hybridized carbons (Fsp3) is 0.333.